The topological polar surface area (TPSA) is 72.5 Å². The van der Waals surface area contributed by atoms with Crippen LogP contribution in [-0.2, 0) is 21.4 Å². The van der Waals surface area contributed by atoms with Crippen molar-refractivity contribution in [3.05, 3.63) is 34.7 Å². The largest absolute Gasteiger partial charge is 0.443 e. The van der Waals surface area contributed by atoms with Gasteiger partial charge in [0.1, 0.15) is 6.61 Å². The number of carbonyl (C=O) groups excluding carboxylic acids is 1. The normalized spacial score (nSPS) is 11.5. The highest BCUT2D eigenvalue weighted by molar-refractivity contribution is 7.89. The van der Waals surface area contributed by atoms with Crippen LogP contribution in [0.3, 0.4) is 0 Å². The zero-order chi connectivity index (χ0) is 14.0. The van der Waals surface area contributed by atoms with E-state index in [0.29, 0.717) is 0 Å². The number of sulfonamides is 1. The molecule has 7 heteroatoms. The maximum absolute atomic E-state index is 11.3. The zero-order valence-electron chi connectivity index (χ0n) is 10.5. The van der Waals surface area contributed by atoms with Gasteiger partial charge < -0.3 is 4.74 Å². The Labute approximate surface area is 115 Å². The second-order valence-corrected chi connectivity index (χ2v) is 6.98. The van der Waals surface area contributed by atoms with Gasteiger partial charge in [-0.2, -0.15) is 0 Å². The molecule has 1 amide bonds. The Morgan fingerprint density at radius 3 is 2.68 bits per heavy atom. The van der Waals surface area contributed by atoms with E-state index in [4.69, 9.17) is 4.74 Å². The molecule has 0 saturated heterocycles. The Kier molecular flexibility index (Phi) is 3.77. The van der Waals surface area contributed by atoms with Gasteiger partial charge in [0.15, 0.2) is 0 Å². The Balaban J connectivity index is 2.10. The lowest BCUT2D eigenvalue weighted by atomic mass is 10.1. The molecule has 0 unspecified atom stereocenters. The lowest BCUT2D eigenvalue weighted by molar-refractivity contribution is 0.147. The minimum Gasteiger partial charge on any atom is -0.443 e. The molecule has 0 saturated carbocycles. The first-order valence-electron chi connectivity index (χ1n) is 5.48. The fourth-order valence-corrected chi connectivity index (χ4v) is 3.16. The summed E-state index contributed by atoms with van der Waals surface area (Å²) in [4.78, 5) is 12.2. The molecular weight excluding hydrogens is 286 g/mol. The van der Waals surface area contributed by atoms with Gasteiger partial charge in [-0.15, -0.1) is 11.3 Å². The van der Waals surface area contributed by atoms with Crippen molar-refractivity contribution in [1.82, 2.24) is 4.72 Å². The molecule has 1 aromatic carbocycles. The summed E-state index contributed by atoms with van der Waals surface area (Å²) in [7, 11) is -3.58. The van der Waals surface area contributed by atoms with Crippen molar-refractivity contribution < 1.29 is 17.9 Å². The van der Waals surface area contributed by atoms with Crippen LogP contribution in [0.1, 0.15) is 10.4 Å². The number of amides is 1. The lowest BCUT2D eigenvalue weighted by Gasteiger charge is -2.04. The average molecular weight is 299 g/mol. The molecule has 0 fully saturated rings. The molecule has 0 aliphatic rings. The van der Waals surface area contributed by atoms with E-state index in [0.717, 1.165) is 26.8 Å². The predicted molar refractivity (Wildman–Crippen MR) is 74.7 cm³/mol. The van der Waals surface area contributed by atoms with E-state index in [2.05, 4.69) is 0 Å². The summed E-state index contributed by atoms with van der Waals surface area (Å²) in [6.45, 7) is 2.01. The summed E-state index contributed by atoms with van der Waals surface area (Å²) < 4.78 is 29.5. The number of carbonyl (C=O) groups is 1. The van der Waals surface area contributed by atoms with Gasteiger partial charge in [0.05, 0.1) is 6.26 Å². The zero-order valence-corrected chi connectivity index (χ0v) is 12.1. The maximum Gasteiger partial charge on any atom is 0.421 e. The smallest absolute Gasteiger partial charge is 0.421 e. The van der Waals surface area contributed by atoms with Gasteiger partial charge >= 0.3 is 6.09 Å². The first-order chi connectivity index (χ1) is 8.87. The van der Waals surface area contributed by atoms with Crippen molar-refractivity contribution in [3.8, 4) is 0 Å². The van der Waals surface area contributed by atoms with Crippen molar-refractivity contribution in [2.45, 2.75) is 13.5 Å². The van der Waals surface area contributed by atoms with Crippen molar-refractivity contribution >= 4 is 37.5 Å². The number of thiophene rings is 1. The SMILES string of the molecule is Cc1c(COC(=O)NS(C)(=O)=O)sc2ccccc12. The minimum absolute atomic E-state index is 0.0620. The van der Waals surface area contributed by atoms with Crippen LogP contribution in [0, 0.1) is 6.92 Å². The van der Waals surface area contributed by atoms with Crippen LogP contribution in [0.5, 0.6) is 0 Å². The van der Waals surface area contributed by atoms with E-state index in [1.807, 2.05) is 31.2 Å². The number of fused-ring (bicyclic) bond motifs is 1. The highest BCUT2D eigenvalue weighted by atomic mass is 32.2. The lowest BCUT2D eigenvalue weighted by Crippen LogP contribution is -2.29. The molecule has 2 rings (SSSR count). The summed E-state index contributed by atoms with van der Waals surface area (Å²) in [6.07, 6.45) is -0.0572. The highest BCUT2D eigenvalue weighted by Crippen LogP contribution is 2.30. The minimum atomic E-state index is -3.58. The summed E-state index contributed by atoms with van der Waals surface area (Å²) in [5.41, 5.74) is 1.05. The van der Waals surface area contributed by atoms with Gasteiger partial charge in [-0.05, 0) is 23.9 Å². The third-order valence-electron chi connectivity index (χ3n) is 2.55. The average Bonchev–Trinajstić information content (AvgIpc) is 2.62. The molecule has 1 N–H and O–H groups in total. The van der Waals surface area contributed by atoms with Gasteiger partial charge in [-0.3, -0.25) is 0 Å². The Hall–Kier alpha value is -1.60. The Morgan fingerprint density at radius 1 is 1.37 bits per heavy atom. The molecule has 0 aliphatic carbocycles. The molecule has 1 aromatic heterocycles. The maximum atomic E-state index is 11.3. The molecule has 0 bridgehead atoms. The van der Waals surface area contributed by atoms with E-state index in [9.17, 15) is 13.2 Å². The number of ether oxygens (including phenoxy) is 1. The molecule has 0 atom stereocenters. The molecule has 0 aliphatic heterocycles. The van der Waals surface area contributed by atoms with Crippen LogP contribution in [-0.4, -0.2) is 20.8 Å². The van der Waals surface area contributed by atoms with Crippen molar-refractivity contribution in [2.75, 3.05) is 6.26 Å². The summed E-state index contributed by atoms with van der Waals surface area (Å²) >= 11 is 1.53. The summed E-state index contributed by atoms with van der Waals surface area (Å²) in [5.74, 6) is 0. The van der Waals surface area contributed by atoms with Crippen molar-refractivity contribution in [2.24, 2.45) is 0 Å². The molecule has 2 aromatic rings. The number of aryl methyl sites for hydroxylation is 1. The second-order valence-electron chi connectivity index (χ2n) is 4.10. The third-order valence-corrected chi connectivity index (χ3v) is 4.33. The number of benzene rings is 1. The van der Waals surface area contributed by atoms with Crippen LogP contribution in [0.15, 0.2) is 24.3 Å². The molecular formula is C12H13NO4S2. The van der Waals surface area contributed by atoms with Gasteiger partial charge in [0, 0.05) is 9.58 Å². The molecule has 0 spiro atoms. The number of hydrogen-bond acceptors (Lipinski definition) is 5. The predicted octanol–water partition coefficient (Wildman–Crippen LogP) is 2.40. The van der Waals surface area contributed by atoms with Crippen molar-refractivity contribution in [3.63, 3.8) is 0 Å². The Bertz CT molecular complexity index is 718. The third kappa shape index (κ3) is 3.45. The summed E-state index contributed by atoms with van der Waals surface area (Å²) in [6, 6.07) is 7.89. The molecule has 5 nitrogen and oxygen atoms in total. The van der Waals surface area contributed by atoms with Crippen LogP contribution in [0.25, 0.3) is 10.1 Å². The Morgan fingerprint density at radius 2 is 2.05 bits per heavy atom. The van der Waals surface area contributed by atoms with E-state index in [1.165, 1.54) is 11.3 Å². The van der Waals surface area contributed by atoms with Crippen LogP contribution in [0.4, 0.5) is 4.79 Å². The quantitative estimate of drug-likeness (QED) is 0.944. The monoisotopic (exact) mass is 299 g/mol. The van der Waals surface area contributed by atoms with Crippen LogP contribution >= 0.6 is 11.3 Å². The first kappa shape index (κ1) is 13.8. The van der Waals surface area contributed by atoms with E-state index in [1.54, 1.807) is 4.72 Å². The van der Waals surface area contributed by atoms with Gasteiger partial charge in [-0.1, -0.05) is 18.2 Å². The first-order valence-corrected chi connectivity index (χ1v) is 8.19. The second kappa shape index (κ2) is 5.18. The molecule has 102 valence electrons. The van der Waals surface area contributed by atoms with Crippen LogP contribution < -0.4 is 4.72 Å². The summed E-state index contributed by atoms with van der Waals surface area (Å²) in [5, 5.41) is 1.12. The number of nitrogens with one attached hydrogen (secondary N) is 1. The van der Waals surface area contributed by atoms with Gasteiger partial charge in [0.25, 0.3) is 0 Å². The highest BCUT2D eigenvalue weighted by Gasteiger charge is 2.12. The van der Waals surface area contributed by atoms with E-state index >= 15 is 0 Å². The molecule has 19 heavy (non-hydrogen) atoms. The standard InChI is InChI=1S/C12H13NO4S2/c1-8-9-5-3-4-6-10(9)18-11(8)7-17-12(14)13-19(2,15)16/h3-6H,7H2,1-2H3,(H,13,14). The van der Waals surface area contributed by atoms with E-state index in [-0.39, 0.29) is 6.61 Å². The molecule has 0 radical (unpaired) electrons. The van der Waals surface area contributed by atoms with Gasteiger partial charge in [0.2, 0.25) is 10.0 Å². The number of hydrogen-bond donors (Lipinski definition) is 1. The fourth-order valence-electron chi connectivity index (χ4n) is 1.67. The van der Waals surface area contributed by atoms with E-state index < -0.39 is 16.1 Å². The van der Waals surface area contributed by atoms with Crippen molar-refractivity contribution in [1.29, 1.82) is 0 Å². The molecule has 1 heterocycles. The fraction of sp³-hybridized carbons (Fsp3) is 0.250. The number of rotatable bonds is 3. The van der Waals surface area contributed by atoms with Gasteiger partial charge in [-0.25, -0.2) is 17.9 Å². The van der Waals surface area contributed by atoms with Crippen LogP contribution in [0.2, 0.25) is 0 Å².